The van der Waals surface area contributed by atoms with Crippen molar-refractivity contribution in [1.82, 2.24) is 4.98 Å². The minimum Gasteiger partial charge on any atom is -0.359 e. The summed E-state index contributed by atoms with van der Waals surface area (Å²) in [6, 6.07) is 22.4. The third-order valence-electron chi connectivity index (χ3n) is 5.99. The van der Waals surface area contributed by atoms with E-state index in [-0.39, 0.29) is 0 Å². The third kappa shape index (κ3) is 8.44. The van der Waals surface area contributed by atoms with Gasteiger partial charge in [0.25, 0.3) is 0 Å². The fourth-order valence-electron chi connectivity index (χ4n) is 4.25. The largest absolute Gasteiger partial charge is 0.359 e. The molecule has 0 aliphatic carbocycles. The second-order valence-corrected chi connectivity index (χ2v) is 8.94. The van der Waals surface area contributed by atoms with Gasteiger partial charge < -0.3 is 16.1 Å². The maximum absolute atomic E-state index is 5.94. The molecule has 3 N–H and O–H groups in total. The molecule has 0 radical (unpaired) electrons. The molecule has 3 aromatic rings. The smallest absolute Gasteiger partial charge is 0.160 e. The predicted molar refractivity (Wildman–Crippen MR) is 169 cm³/mol. The maximum atomic E-state index is 5.94. The lowest BCUT2D eigenvalue weighted by Gasteiger charge is -2.26. The lowest BCUT2D eigenvalue weighted by atomic mass is 10.0. The monoisotopic (exact) mass is 517 g/mol. The molecule has 0 unspecified atom stereocenters. The summed E-state index contributed by atoms with van der Waals surface area (Å²) >= 11 is 0. The van der Waals surface area contributed by atoms with Gasteiger partial charge in [0.2, 0.25) is 0 Å². The summed E-state index contributed by atoms with van der Waals surface area (Å²) in [6.45, 7) is 8.89. The van der Waals surface area contributed by atoms with E-state index in [1.807, 2.05) is 50.3 Å². The first-order chi connectivity index (χ1) is 19.1. The number of nitrogens with zero attached hydrogens (tertiary/aromatic N) is 3. The minimum atomic E-state index is 0.581. The van der Waals surface area contributed by atoms with Crippen molar-refractivity contribution in [2.45, 2.75) is 34.1 Å². The van der Waals surface area contributed by atoms with Crippen LogP contribution in [0.25, 0.3) is 5.57 Å². The molecule has 39 heavy (non-hydrogen) atoms. The lowest BCUT2D eigenvalue weighted by molar-refractivity contribution is 1.07. The summed E-state index contributed by atoms with van der Waals surface area (Å²) < 4.78 is 0. The van der Waals surface area contributed by atoms with Crippen molar-refractivity contribution in [1.29, 1.82) is 0 Å². The van der Waals surface area contributed by atoms with Gasteiger partial charge in [-0.15, -0.1) is 0 Å². The van der Waals surface area contributed by atoms with Gasteiger partial charge in [0.15, 0.2) is 5.84 Å². The SMILES string of the molecule is C\C=C/C(=C\C=C(/C)Nc1ccccc1C(/C=C\C)=C/CC)CN(/C(=N\N)c1ccncc1)c1ccccc1. The van der Waals surface area contributed by atoms with Crippen LogP contribution < -0.4 is 16.1 Å². The van der Waals surface area contributed by atoms with Crippen LogP contribution in [0.3, 0.4) is 0 Å². The molecule has 0 bridgehead atoms. The van der Waals surface area contributed by atoms with Gasteiger partial charge in [-0.3, -0.25) is 4.98 Å². The average molecular weight is 518 g/mol. The van der Waals surface area contributed by atoms with Crippen LogP contribution >= 0.6 is 0 Å². The molecule has 1 heterocycles. The van der Waals surface area contributed by atoms with Gasteiger partial charge in [0.1, 0.15) is 0 Å². The van der Waals surface area contributed by atoms with Crippen LogP contribution in [0, 0.1) is 0 Å². The number of allylic oxidation sites excluding steroid dienone is 8. The van der Waals surface area contributed by atoms with E-state index < -0.39 is 0 Å². The van der Waals surface area contributed by atoms with Gasteiger partial charge >= 0.3 is 0 Å². The van der Waals surface area contributed by atoms with Crippen molar-refractivity contribution < 1.29 is 0 Å². The van der Waals surface area contributed by atoms with Crippen molar-refractivity contribution in [3.8, 4) is 0 Å². The van der Waals surface area contributed by atoms with E-state index in [0.29, 0.717) is 12.4 Å². The Labute approximate surface area is 233 Å². The molecule has 5 nitrogen and oxygen atoms in total. The van der Waals surface area contributed by atoms with E-state index in [0.717, 1.165) is 34.6 Å². The van der Waals surface area contributed by atoms with Crippen molar-refractivity contribution in [3.05, 3.63) is 144 Å². The summed E-state index contributed by atoms with van der Waals surface area (Å²) in [6.07, 6.45) is 19.4. The Bertz CT molecular complexity index is 1360. The topological polar surface area (TPSA) is 66.5 Å². The van der Waals surface area contributed by atoms with Crippen LogP contribution in [0.4, 0.5) is 11.4 Å². The molecule has 200 valence electrons. The van der Waals surface area contributed by atoms with E-state index in [4.69, 9.17) is 5.84 Å². The van der Waals surface area contributed by atoms with Gasteiger partial charge in [0, 0.05) is 47.1 Å². The molecule has 0 spiro atoms. The first kappa shape index (κ1) is 28.9. The second-order valence-electron chi connectivity index (χ2n) is 8.94. The zero-order valence-electron chi connectivity index (χ0n) is 23.4. The van der Waals surface area contributed by atoms with Crippen LogP contribution in [0.5, 0.6) is 0 Å². The Hall–Kier alpha value is -4.64. The van der Waals surface area contributed by atoms with Gasteiger partial charge in [-0.1, -0.05) is 79.8 Å². The standard InChI is InChI=1S/C34H39N5/c1-5-13-28(21-20-27(4)37-33-19-12-11-18-32(33)29(14-6-2)15-7-3)26-39(31-16-9-8-10-17-31)34(38-35)30-22-24-36-25-23-30/h5-6,8-25,37H,7,26,35H2,1-4H3/b13-5-,14-6-,27-20+,28-21+,29-15+,38-34-. The Morgan fingerprint density at radius 2 is 1.62 bits per heavy atom. The number of anilines is 2. The van der Waals surface area contributed by atoms with Gasteiger partial charge in [-0.25, -0.2) is 0 Å². The molecule has 1 aromatic heterocycles. The molecule has 0 saturated heterocycles. The van der Waals surface area contributed by atoms with E-state index in [1.54, 1.807) is 12.4 Å². The lowest BCUT2D eigenvalue weighted by Crippen LogP contribution is -2.34. The van der Waals surface area contributed by atoms with Crippen LogP contribution in [-0.4, -0.2) is 17.4 Å². The number of hydrogen-bond acceptors (Lipinski definition) is 4. The van der Waals surface area contributed by atoms with Crippen LogP contribution in [0.15, 0.2) is 138 Å². The van der Waals surface area contributed by atoms with Gasteiger partial charge in [-0.05, 0) is 74.7 Å². The zero-order valence-corrected chi connectivity index (χ0v) is 23.4. The van der Waals surface area contributed by atoms with Crippen molar-refractivity contribution in [3.63, 3.8) is 0 Å². The fourth-order valence-corrected chi connectivity index (χ4v) is 4.25. The number of para-hydroxylation sites is 2. The van der Waals surface area contributed by atoms with Crippen LogP contribution in [0.1, 0.15) is 45.2 Å². The third-order valence-corrected chi connectivity index (χ3v) is 5.99. The van der Waals surface area contributed by atoms with E-state index in [9.17, 15) is 0 Å². The first-order valence-corrected chi connectivity index (χ1v) is 13.3. The molecule has 0 aliphatic rings. The van der Waals surface area contributed by atoms with Crippen LogP contribution in [0.2, 0.25) is 0 Å². The zero-order chi connectivity index (χ0) is 27.9. The molecule has 0 fully saturated rings. The first-order valence-electron chi connectivity index (χ1n) is 13.3. The molecule has 0 atom stereocenters. The average Bonchev–Trinajstić information content (AvgIpc) is 2.97. The fraction of sp³-hybridized carbons (Fsp3) is 0.176. The number of amidine groups is 1. The molecule has 5 heteroatoms. The normalized spacial score (nSPS) is 13.3. The number of aromatic nitrogens is 1. The molecule has 3 rings (SSSR count). The number of hydrazone groups is 1. The highest BCUT2D eigenvalue weighted by molar-refractivity contribution is 6.10. The molecule has 2 aromatic carbocycles. The minimum absolute atomic E-state index is 0.581. The quantitative estimate of drug-likeness (QED) is 0.0886. The highest BCUT2D eigenvalue weighted by Crippen LogP contribution is 2.27. The van der Waals surface area contributed by atoms with Crippen LogP contribution in [-0.2, 0) is 0 Å². The van der Waals surface area contributed by atoms with E-state index in [2.05, 4.69) is 107 Å². The summed E-state index contributed by atoms with van der Waals surface area (Å²) in [5.74, 6) is 6.61. The van der Waals surface area contributed by atoms with Crippen molar-refractivity contribution in [2.24, 2.45) is 10.9 Å². The molecule has 0 saturated carbocycles. The Kier molecular flexibility index (Phi) is 11.6. The number of nitrogens with one attached hydrogen (secondary N) is 1. The van der Waals surface area contributed by atoms with Crippen molar-refractivity contribution >= 4 is 22.8 Å². The number of pyridine rings is 1. The molecular formula is C34H39N5. The number of nitrogens with two attached hydrogens (primary N) is 1. The van der Waals surface area contributed by atoms with E-state index in [1.165, 1.54) is 11.1 Å². The summed E-state index contributed by atoms with van der Waals surface area (Å²) in [5.41, 5.74) is 7.51. The van der Waals surface area contributed by atoms with Gasteiger partial charge in [-0.2, -0.15) is 5.10 Å². The van der Waals surface area contributed by atoms with E-state index >= 15 is 0 Å². The molecule has 0 amide bonds. The highest BCUT2D eigenvalue weighted by Gasteiger charge is 2.17. The number of benzene rings is 2. The Balaban J connectivity index is 1.94. The maximum Gasteiger partial charge on any atom is 0.160 e. The summed E-state index contributed by atoms with van der Waals surface area (Å²) in [5, 5.41) is 7.78. The summed E-state index contributed by atoms with van der Waals surface area (Å²) in [7, 11) is 0. The molecule has 0 aliphatic heterocycles. The van der Waals surface area contributed by atoms with Gasteiger partial charge in [0.05, 0.1) is 0 Å². The second kappa shape index (κ2) is 15.6. The van der Waals surface area contributed by atoms with Crippen molar-refractivity contribution in [2.75, 3.05) is 16.8 Å². The Morgan fingerprint density at radius 1 is 0.923 bits per heavy atom. The highest BCUT2D eigenvalue weighted by atomic mass is 15.3. The number of rotatable bonds is 11. The number of hydrogen-bond donors (Lipinski definition) is 2. The molecular weight excluding hydrogens is 478 g/mol. The predicted octanol–water partition coefficient (Wildman–Crippen LogP) is 8.10. The Morgan fingerprint density at radius 3 is 2.28 bits per heavy atom. The summed E-state index contributed by atoms with van der Waals surface area (Å²) in [4.78, 5) is 6.26.